The number of rotatable bonds is 4. The lowest BCUT2D eigenvalue weighted by Crippen LogP contribution is -2.11. The van der Waals surface area contributed by atoms with Crippen LogP contribution in [0, 0.1) is 0 Å². The first-order valence-corrected chi connectivity index (χ1v) is 6.18. The van der Waals surface area contributed by atoms with E-state index >= 15 is 0 Å². The first-order valence-electron chi connectivity index (χ1n) is 5.80. The average Bonchev–Trinajstić information content (AvgIpc) is 2.83. The summed E-state index contributed by atoms with van der Waals surface area (Å²) in [7, 11) is 0. The molecule has 2 rings (SSSR count). The van der Waals surface area contributed by atoms with E-state index in [0.717, 1.165) is 0 Å². The molecule has 0 saturated carbocycles. The molecule has 0 radical (unpaired) electrons. The third kappa shape index (κ3) is 2.97. The highest BCUT2D eigenvalue weighted by molar-refractivity contribution is 6.30. The van der Waals surface area contributed by atoms with Crippen LogP contribution in [-0.2, 0) is 6.54 Å². The number of hydrogen-bond donors (Lipinski definition) is 1. The minimum atomic E-state index is -1.15. The van der Waals surface area contributed by atoms with Gasteiger partial charge in [0.05, 0.1) is 0 Å². The quantitative estimate of drug-likeness (QED) is 0.692. The Balaban J connectivity index is 2.23. The number of benzene rings is 1. The van der Waals surface area contributed by atoms with Crippen molar-refractivity contribution in [1.82, 2.24) is 9.78 Å². The van der Waals surface area contributed by atoms with Gasteiger partial charge in [-0.25, -0.2) is 9.59 Å². The van der Waals surface area contributed by atoms with Crippen molar-refractivity contribution in [2.45, 2.75) is 13.5 Å². The Bertz CT molecular complexity index is 666. The highest BCUT2D eigenvalue weighted by Crippen LogP contribution is 2.18. The van der Waals surface area contributed by atoms with Gasteiger partial charge < -0.3 is 9.84 Å². The normalized spacial score (nSPS) is 10.3. The topological polar surface area (TPSA) is 81.4 Å². The van der Waals surface area contributed by atoms with Gasteiger partial charge in [-0.15, -0.1) is 0 Å². The van der Waals surface area contributed by atoms with Gasteiger partial charge in [-0.3, -0.25) is 4.68 Å². The minimum Gasteiger partial charge on any atom is -0.477 e. The maximum absolute atomic E-state index is 11.9. The van der Waals surface area contributed by atoms with E-state index in [4.69, 9.17) is 21.4 Å². The number of hydrogen-bond acceptors (Lipinski definition) is 4. The number of esters is 1. The molecule has 0 fully saturated rings. The maximum Gasteiger partial charge on any atom is 0.364 e. The fraction of sp³-hybridized carbons (Fsp3) is 0.154. The molecule has 0 aliphatic heterocycles. The molecule has 1 aromatic carbocycles. The Labute approximate surface area is 119 Å². The van der Waals surface area contributed by atoms with E-state index in [1.54, 1.807) is 25.1 Å². The second-order valence-corrected chi connectivity index (χ2v) is 4.32. The van der Waals surface area contributed by atoms with E-state index in [0.29, 0.717) is 11.6 Å². The molecule has 104 valence electrons. The average molecular weight is 295 g/mol. The van der Waals surface area contributed by atoms with Crippen LogP contribution in [-0.4, -0.2) is 26.8 Å². The van der Waals surface area contributed by atoms with E-state index in [9.17, 15) is 9.59 Å². The van der Waals surface area contributed by atoms with Crippen molar-refractivity contribution in [1.29, 1.82) is 0 Å². The Morgan fingerprint density at radius 1 is 1.40 bits per heavy atom. The lowest BCUT2D eigenvalue weighted by molar-refractivity contribution is 0.0681. The van der Waals surface area contributed by atoms with Gasteiger partial charge in [0.1, 0.15) is 11.4 Å². The van der Waals surface area contributed by atoms with Crippen LogP contribution in [0.1, 0.15) is 27.9 Å². The summed E-state index contributed by atoms with van der Waals surface area (Å²) < 4.78 is 6.30. The highest BCUT2D eigenvalue weighted by atomic mass is 35.5. The molecule has 20 heavy (non-hydrogen) atoms. The fourth-order valence-electron chi connectivity index (χ4n) is 1.62. The van der Waals surface area contributed by atoms with Crippen LogP contribution in [0.5, 0.6) is 5.75 Å². The third-order valence-corrected chi connectivity index (χ3v) is 2.75. The number of carbonyl (C=O) groups excluding carboxylic acids is 1. The van der Waals surface area contributed by atoms with Crippen molar-refractivity contribution in [3.05, 3.63) is 46.7 Å². The Morgan fingerprint density at radius 3 is 2.70 bits per heavy atom. The van der Waals surface area contributed by atoms with Crippen LogP contribution in [0.15, 0.2) is 30.3 Å². The van der Waals surface area contributed by atoms with Crippen LogP contribution in [0.2, 0.25) is 5.02 Å². The molecule has 0 unspecified atom stereocenters. The van der Waals surface area contributed by atoms with Crippen LogP contribution in [0.3, 0.4) is 0 Å². The number of carboxylic acid groups (broad SMARTS) is 1. The predicted molar refractivity (Wildman–Crippen MR) is 71.3 cm³/mol. The van der Waals surface area contributed by atoms with E-state index in [1.165, 1.54) is 16.8 Å². The molecule has 0 aliphatic rings. The Kier molecular flexibility index (Phi) is 4.05. The van der Waals surface area contributed by atoms with Crippen molar-refractivity contribution in [2.24, 2.45) is 0 Å². The molecule has 1 aromatic heterocycles. The van der Waals surface area contributed by atoms with Crippen molar-refractivity contribution in [3.8, 4) is 5.75 Å². The Hall–Kier alpha value is -2.34. The van der Waals surface area contributed by atoms with Gasteiger partial charge in [0.15, 0.2) is 5.69 Å². The number of carboxylic acids is 1. The number of aromatic carboxylic acids is 1. The number of nitrogens with zero attached hydrogens (tertiary/aromatic N) is 2. The molecule has 0 spiro atoms. The van der Waals surface area contributed by atoms with E-state index in [2.05, 4.69) is 5.10 Å². The molecular weight excluding hydrogens is 284 g/mol. The van der Waals surface area contributed by atoms with Crippen molar-refractivity contribution in [3.63, 3.8) is 0 Å². The number of halogens is 1. The molecule has 0 amide bonds. The smallest absolute Gasteiger partial charge is 0.364 e. The summed E-state index contributed by atoms with van der Waals surface area (Å²) in [5.74, 6) is -1.62. The standard InChI is InChI=1S/C13H11ClN2O4/c1-2-16-11(12(17)18)7-10(15-16)13(19)20-9-5-3-4-8(14)6-9/h3-7H,2H2,1H3,(H,17,18). The summed E-state index contributed by atoms with van der Waals surface area (Å²) in [5, 5.41) is 13.3. The molecule has 7 heteroatoms. The monoisotopic (exact) mass is 294 g/mol. The summed E-state index contributed by atoms with van der Waals surface area (Å²) in [6.07, 6.45) is 0. The number of aromatic nitrogens is 2. The van der Waals surface area contributed by atoms with Gasteiger partial charge in [-0.2, -0.15) is 5.10 Å². The van der Waals surface area contributed by atoms with Crippen molar-refractivity contribution >= 4 is 23.5 Å². The van der Waals surface area contributed by atoms with E-state index < -0.39 is 11.9 Å². The zero-order chi connectivity index (χ0) is 14.7. The van der Waals surface area contributed by atoms with Crippen LogP contribution >= 0.6 is 11.6 Å². The molecule has 6 nitrogen and oxygen atoms in total. The third-order valence-electron chi connectivity index (χ3n) is 2.51. The first-order chi connectivity index (χ1) is 9.51. The summed E-state index contributed by atoms with van der Waals surface area (Å²) in [5.41, 5.74) is -0.130. The largest absolute Gasteiger partial charge is 0.477 e. The summed E-state index contributed by atoms with van der Waals surface area (Å²) in [6, 6.07) is 7.51. The summed E-state index contributed by atoms with van der Waals surface area (Å²) >= 11 is 5.78. The minimum absolute atomic E-state index is 0.0643. The molecule has 0 atom stereocenters. The van der Waals surface area contributed by atoms with Gasteiger partial charge in [0.25, 0.3) is 0 Å². The second-order valence-electron chi connectivity index (χ2n) is 3.88. The maximum atomic E-state index is 11.9. The van der Waals surface area contributed by atoms with Gasteiger partial charge in [-0.1, -0.05) is 17.7 Å². The van der Waals surface area contributed by atoms with Crippen molar-refractivity contribution in [2.75, 3.05) is 0 Å². The highest BCUT2D eigenvalue weighted by Gasteiger charge is 2.19. The number of ether oxygens (including phenoxy) is 1. The summed E-state index contributed by atoms with van der Waals surface area (Å²) in [4.78, 5) is 22.9. The molecule has 1 heterocycles. The molecule has 0 saturated heterocycles. The zero-order valence-electron chi connectivity index (χ0n) is 10.5. The van der Waals surface area contributed by atoms with Crippen LogP contribution in [0.25, 0.3) is 0 Å². The lowest BCUT2D eigenvalue weighted by atomic mass is 10.3. The molecule has 0 aliphatic carbocycles. The van der Waals surface area contributed by atoms with Gasteiger partial charge in [0, 0.05) is 17.6 Å². The molecule has 2 aromatic rings. The van der Waals surface area contributed by atoms with Gasteiger partial charge >= 0.3 is 11.9 Å². The number of carbonyl (C=O) groups is 2. The molecular formula is C13H11ClN2O4. The lowest BCUT2D eigenvalue weighted by Gasteiger charge is -2.02. The Morgan fingerprint density at radius 2 is 2.15 bits per heavy atom. The van der Waals surface area contributed by atoms with Crippen LogP contribution < -0.4 is 4.74 Å². The van der Waals surface area contributed by atoms with Crippen LogP contribution in [0.4, 0.5) is 0 Å². The second kappa shape index (κ2) is 5.75. The summed E-state index contributed by atoms with van der Waals surface area (Å²) in [6.45, 7) is 2.07. The van der Waals surface area contributed by atoms with E-state index in [1.807, 2.05) is 0 Å². The van der Waals surface area contributed by atoms with Gasteiger partial charge in [-0.05, 0) is 25.1 Å². The first kappa shape index (κ1) is 14.1. The predicted octanol–water partition coefficient (Wildman–Crippen LogP) is 2.47. The van der Waals surface area contributed by atoms with Gasteiger partial charge in [0.2, 0.25) is 0 Å². The SMILES string of the molecule is CCn1nc(C(=O)Oc2cccc(Cl)c2)cc1C(=O)O. The zero-order valence-corrected chi connectivity index (χ0v) is 11.3. The fourth-order valence-corrected chi connectivity index (χ4v) is 1.80. The molecule has 1 N–H and O–H groups in total. The number of aryl methyl sites for hydroxylation is 1. The molecule has 0 bridgehead atoms. The van der Waals surface area contributed by atoms with E-state index in [-0.39, 0.29) is 17.1 Å². The van der Waals surface area contributed by atoms with Crippen molar-refractivity contribution < 1.29 is 19.4 Å².